The second-order valence-corrected chi connectivity index (χ2v) is 6.43. The van der Waals surface area contributed by atoms with Gasteiger partial charge < -0.3 is 10.1 Å². The first-order chi connectivity index (χ1) is 9.03. The van der Waals surface area contributed by atoms with Gasteiger partial charge in [0.25, 0.3) is 0 Å². The monoisotopic (exact) mass is 261 g/mol. The molecule has 0 heterocycles. The highest BCUT2D eigenvalue weighted by Gasteiger charge is 2.42. The quantitative estimate of drug-likeness (QED) is 0.867. The zero-order valence-electron chi connectivity index (χ0n) is 12.7. The largest absolute Gasteiger partial charge is 0.489 e. The van der Waals surface area contributed by atoms with Crippen molar-refractivity contribution in [2.45, 2.75) is 59.1 Å². The first-order valence-corrected chi connectivity index (χ1v) is 7.49. The number of hydrogen-bond acceptors (Lipinski definition) is 2. The van der Waals surface area contributed by atoms with Crippen LogP contribution in [0.5, 0.6) is 5.75 Å². The maximum absolute atomic E-state index is 6.24. The third-order valence-electron chi connectivity index (χ3n) is 4.18. The van der Waals surface area contributed by atoms with E-state index in [1.165, 1.54) is 18.4 Å². The van der Waals surface area contributed by atoms with Crippen molar-refractivity contribution in [3.05, 3.63) is 29.8 Å². The van der Waals surface area contributed by atoms with E-state index in [1.807, 2.05) is 0 Å². The van der Waals surface area contributed by atoms with E-state index in [1.54, 1.807) is 0 Å². The summed E-state index contributed by atoms with van der Waals surface area (Å²) in [6.07, 6.45) is 3.83. The maximum Gasteiger partial charge on any atom is 0.120 e. The first-order valence-electron chi connectivity index (χ1n) is 7.49. The smallest absolute Gasteiger partial charge is 0.120 e. The van der Waals surface area contributed by atoms with Crippen molar-refractivity contribution in [1.82, 2.24) is 5.32 Å². The molecule has 1 aromatic carbocycles. The van der Waals surface area contributed by atoms with Gasteiger partial charge in [-0.3, -0.25) is 0 Å². The lowest BCUT2D eigenvalue weighted by Gasteiger charge is -2.31. The molecule has 0 amide bonds. The normalized spacial score (nSPS) is 25.5. The summed E-state index contributed by atoms with van der Waals surface area (Å²) in [4.78, 5) is 0. The fourth-order valence-corrected chi connectivity index (χ4v) is 3.04. The summed E-state index contributed by atoms with van der Waals surface area (Å²) in [6, 6.07) is 8.82. The van der Waals surface area contributed by atoms with Crippen LogP contribution in [0.15, 0.2) is 24.3 Å². The van der Waals surface area contributed by atoms with Crippen LogP contribution in [0.3, 0.4) is 0 Å². The van der Waals surface area contributed by atoms with Gasteiger partial charge >= 0.3 is 0 Å². The Balaban J connectivity index is 2.06. The van der Waals surface area contributed by atoms with Crippen LogP contribution in [-0.2, 0) is 0 Å². The van der Waals surface area contributed by atoms with E-state index >= 15 is 0 Å². The molecule has 19 heavy (non-hydrogen) atoms. The molecule has 0 aliphatic heterocycles. The topological polar surface area (TPSA) is 21.3 Å². The van der Waals surface area contributed by atoms with Gasteiger partial charge in [0.05, 0.1) is 0 Å². The lowest BCUT2D eigenvalue weighted by atomic mass is 9.87. The maximum atomic E-state index is 6.24. The number of aryl methyl sites for hydroxylation is 1. The van der Waals surface area contributed by atoms with Crippen LogP contribution in [0.4, 0.5) is 0 Å². The number of benzene rings is 1. The van der Waals surface area contributed by atoms with Crippen LogP contribution in [0, 0.1) is 12.3 Å². The zero-order chi connectivity index (χ0) is 13.9. The Morgan fingerprint density at radius 3 is 2.84 bits per heavy atom. The van der Waals surface area contributed by atoms with E-state index in [4.69, 9.17) is 4.74 Å². The molecule has 0 radical (unpaired) electrons. The SMILES string of the molecule is CCCNC1C(Oc2cccc(C)c2)CCC1(C)C. The van der Waals surface area contributed by atoms with Gasteiger partial charge in [-0.2, -0.15) is 0 Å². The molecule has 106 valence electrons. The summed E-state index contributed by atoms with van der Waals surface area (Å²) >= 11 is 0. The molecule has 1 N–H and O–H groups in total. The van der Waals surface area contributed by atoms with Gasteiger partial charge in [-0.25, -0.2) is 0 Å². The van der Waals surface area contributed by atoms with Crippen molar-refractivity contribution < 1.29 is 4.74 Å². The van der Waals surface area contributed by atoms with Crippen LogP contribution in [0.2, 0.25) is 0 Å². The molecule has 2 atom stereocenters. The minimum Gasteiger partial charge on any atom is -0.489 e. The minimum atomic E-state index is 0.295. The molecule has 2 rings (SSSR count). The highest BCUT2D eigenvalue weighted by Crippen LogP contribution is 2.39. The van der Waals surface area contributed by atoms with Crippen molar-refractivity contribution in [2.24, 2.45) is 5.41 Å². The van der Waals surface area contributed by atoms with Crippen LogP contribution < -0.4 is 10.1 Å². The lowest BCUT2D eigenvalue weighted by Crippen LogP contribution is -2.47. The van der Waals surface area contributed by atoms with Gasteiger partial charge in [-0.15, -0.1) is 0 Å². The minimum absolute atomic E-state index is 0.295. The summed E-state index contributed by atoms with van der Waals surface area (Å²) < 4.78 is 6.24. The predicted molar refractivity (Wildman–Crippen MR) is 80.7 cm³/mol. The van der Waals surface area contributed by atoms with Gasteiger partial charge in [-0.1, -0.05) is 32.9 Å². The molecule has 0 spiro atoms. The van der Waals surface area contributed by atoms with Gasteiger partial charge in [0, 0.05) is 6.04 Å². The first kappa shape index (κ1) is 14.4. The van der Waals surface area contributed by atoms with Gasteiger partial charge in [-0.05, 0) is 55.8 Å². The van der Waals surface area contributed by atoms with E-state index in [0.717, 1.165) is 18.7 Å². The van der Waals surface area contributed by atoms with E-state index in [0.29, 0.717) is 17.6 Å². The lowest BCUT2D eigenvalue weighted by molar-refractivity contribution is 0.140. The average molecular weight is 261 g/mol. The van der Waals surface area contributed by atoms with E-state index < -0.39 is 0 Å². The number of rotatable bonds is 5. The molecule has 2 nitrogen and oxygen atoms in total. The molecule has 0 bridgehead atoms. The van der Waals surface area contributed by atoms with Crippen LogP contribution in [0.1, 0.15) is 45.6 Å². The fourth-order valence-electron chi connectivity index (χ4n) is 3.04. The molecule has 2 heteroatoms. The van der Waals surface area contributed by atoms with E-state index in [9.17, 15) is 0 Å². The summed E-state index contributed by atoms with van der Waals surface area (Å²) in [5.74, 6) is 1.01. The van der Waals surface area contributed by atoms with Gasteiger partial charge in [0.2, 0.25) is 0 Å². The molecule has 1 aliphatic carbocycles. The average Bonchev–Trinajstić information content (AvgIpc) is 2.62. The van der Waals surface area contributed by atoms with Crippen LogP contribution in [0.25, 0.3) is 0 Å². The predicted octanol–water partition coefficient (Wildman–Crippen LogP) is 3.93. The summed E-state index contributed by atoms with van der Waals surface area (Å²) in [5, 5.41) is 3.68. The number of ether oxygens (including phenoxy) is 1. The van der Waals surface area contributed by atoms with Crippen molar-refractivity contribution in [1.29, 1.82) is 0 Å². The van der Waals surface area contributed by atoms with Crippen molar-refractivity contribution in [2.75, 3.05) is 6.54 Å². The molecule has 0 aromatic heterocycles. The van der Waals surface area contributed by atoms with Gasteiger partial charge in [0.15, 0.2) is 0 Å². The second-order valence-electron chi connectivity index (χ2n) is 6.43. The summed E-state index contributed by atoms with van der Waals surface area (Å²) in [5.41, 5.74) is 1.58. The van der Waals surface area contributed by atoms with Crippen LogP contribution >= 0.6 is 0 Å². The number of hydrogen-bond donors (Lipinski definition) is 1. The van der Waals surface area contributed by atoms with Gasteiger partial charge in [0.1, 0.15) is 11.9 Å². The Labute approximate surface area is 117 Å². The van der Waals surface area contributed by atoms with E-state index in [-0.39, 0.29) is 0 Å². The molecule has 1 fully saturated rings. The standard InChI is InChI=1S/C17H27NO/c1-5-11-18-16-15(9-10-17(16,3)4)19-14-8-6-7-13(2)12-14/h6-8,12,15-16,18H,5,9-11H2,1-4H3. The third-order valence-corrected chi connectivity index (χ3v) is 4.18. The molecular weight excluding hydrogens is 234 g/mol. The highest BCUT2D eigenvalue weighted by atomic mass is 16.5. The molecule has 1 aliphatic rings. The molecule has 2 unspecified atom stereocenters. The Hall–Kier alpha value is -1.02. The molecule has 1 saturated carbocycles. The molecule has 1 aromatic rings. The second kappa shape index (κ2) is 5.96. The van der Waals surface area contributed by atoms with Crippen molar-refractivity contribution in [3.8, 4) is 5.75 Å². The Kier molecular flexibility index (Phi) is 4.51. The molecular formula is C17H27NO. The summed E-state index contributed by atoms with van der Waals surface area (Å²) in [7, 11) is 0. The Morgan fingerprint density at radius 2 is 2.16 bits per heavy atom. The number of nitrogens with one attached hydrogen (secondary N) is 1. The zero-order valence-corrected chi connectivity index (χ0v) is 12.7. The third kappa shape index (κ3) is 3.50. The fraction of sp³-hybridized carbons (Fsp3) is 0.647. The molecule has 0 saturated heterocycles. The highest BCUT2D eigenvalue weighted by molar-refractivity contribution is 5.28. The Bertz CT molecular complexity index is 413. The van der Waals surface area contributed by atoms with Crippen LogP contribution in [-0.4, -0.2) is 18.7 Å². The summed E-state index contributed by atoms with van der Waals surface area (Å²) in [6.45, 7) is 10.1. The van der Waals surface area contributed by atoms with Crippen molar-refractivity contribution >= 4 is 0 Å². The van der Waals surface area contributed by atoms with Crippen molar-refractivity contribution in [3.63, 3.8) is 0 Å². The van der Waals surface area contributed by atoms with E-state index in [2.05, 4.69) is 57.3 Å². The Morgan fingerprint density at radius 1 is 1.37 bits per heavy atom.